The molecule has 1 N–H and O–H groups in total. The molecule has 0 spiro atoms. The van der Waals surface area contributed by atoms with Crippen LogP contribution in [-0.2, 0) is 14.3 Å². The molecule has 0 aliphatic carbocycles. The lowest BCUT2D eigenvalue weighted by Crippen LogP contribution is -2.52. The molecule has 0 aromatic rings. The number of hydrogen-bond donors (Lipinski definition) is 1. The summed E-state index contributed by atoms with van der Waals surface area (Å²) in [4.78, 5) is 22.4. The summed E-state index contributed by atoms with van der Waals surface area (Å²) in [6.45, 7) is 8.54. The van der Waals surface area contributed by atoms with Crippen LogP contribution in [0.2, 0.25) is 0 Å². The van der Waals surface area contributed by atoms with Crippen molar-refractivity contribution in [2.75, 3.05) is 6.61 Å². The maximum absolute atomic E-state index is 11.5. The molecular formula is C10H17NO3. The molecule has 0 unspecified atom stereocenters. The van der Waals surface area contributed by atoms with Gasteiger partial charge in [-0.15, -0.1) is 6.58 Å². The molecule has 0 fully saturated rings. The number of hydrogen-bond acceptors (Lipinski definition) is 3. The predicted octanol–water partition coefficient (Wildman–Crippen LogP) is 1.02. The molecule has 0 aromatic heterocycles. The summed E-state index contributed by atoms with van der Waals surface area (Å²) in [7, 11) is 0. The Morgan fingerprint density at radius 1 is 1.57 bits per heavy atom. The topological polar surface area (TPSA) is 55.4 Å². The largest absolute Gasteiger partial charge is 0.464 e. The Kier molecular flexibility index (Phi) is 4.91. The van der Waals surface area contributed by atoms with Gasteiger partial charge < -0.3 is 10.1 Å². The van der Waals surface area contributed by atoms with Gasteiger partial charge in [0.25, 0.3) is 0 Å². The standard InChI is InChI=1S/C10H17NO3/c1-5-7-10(4,11-8(3)12)9(13)14-6-2/h5H,1,6-7H2,2-4H3,(H,11,12)/t10-/m1/s1. The first-order chi connectivity index (χ1) is 6.46. The molecule has 0 rings (SSSR count). The monoisotopic (exact) mass is 199 g/mol. The highest BCUT2D eigenvalue weighted by Crippen LogP contribution is 2.12. The third-order valence-electron chi connectivity index (χ3n) is 1.73. The van der Waals surface area contributed by atoms with Gasteiger partial charge in [-0.2, -0.15) is 0 Å². The van der Waals surface area contributed by atoms with Gasteiger partial charge >= 0.3 is 5.97 Å². The molecule has 0 saturated carbocycles. The number of carbonyl (C=O) groups is 2. The van der Waals surface area contributed by atoms with Crippen LogP contribution in [0.1, 0.15) is 27.2 Å². The Bertz CT molecular complexity index is 238. The van der Waals surface area contributed by atoms with Crippen molar-refractivity contribution in [3.05, 3.63) is 12.7 Å². The van der Waals surface area contributed by atoms with Crippen molar-refractivity contribution >= 4 is 11.9 Å². The van der Waals surface area contributed by atoms with Crippen LogP contribution < -0.4 is 5.32 Å². The van der Waals surface area contributed by atoms with Crippen molar-refractivity contribution in [2.24, 2.45) is 0 Å². The van der Waals surface area contributed by atoms with Crippen LogP contribution in [-0.4, -0.2) is 24.0 Å². The fourth-order valence-electron chi connectivity index (χ4n) is 1.15. The van der Waals surface area contributed by atoms with E-state index in [1.807, 2.05) is 0 Å². The fraction of sp³-hybridized carbons (Fsp3) is 0.600. The van der Waals surface area contributed by atoms with Crippen LogP contribution in [0.25, 0.3) is 0 Å². The Hall–Kier alpha value is -1.32. The van der Waals surface area contributed by atoms with Gasteiger partial charge in [-0.3, -0.25) is 4.79 Å². The first-order valence-corrected chi connectivity index (χ1v) is 4.53. The molecule has 1 atom stereocenters. The second-order valence-corrected chi connectivity index (χ2v) is 3.23. The number of nitrogens with one attached hydrogen (secondary N) is 1. The van der Waals surface area contributed by atoms with Gasteiger partial charge in [-0.1, -0.05) is 6.08 Å². The van der Waals surface area contributed by atoms with E-state index < -0.39 is 11.5 Å². The average Bonchev–Trinajstić information content (AvgIpc) is 2.03. The molecule has 0 saturated heterocycles. The van der Waals surface area contributed by atoms with Gasteiger partial charge in [0, 0.05) is 6.92 Å². The molecule has 0 aliphatic heterocycles. The molecule has 4 heteroatoms. The van der Waals surface area contributed by atoms with E-state index in [0.29, 0.717) is 13.0 Å². The van der Waals surface area contributed by atoms with Gasteiger partial charge in [0.2, 0.25) is 5.91 Å². The summed E-state index contributed by atoms with van der Waals surface area (Å²) in [5.41, 5.74) is -0.996. The lowest BCUT2D eigenvalue weighted by atomic mass is 9.98. The zero-order valence-corrected chi connectivity index (χ0v) is 8.92. The van der Waals surface area contributed by atoms with Gasteiger partial charge in [-0.05, 0) is 20.3 Å². The Balaban J connectivity index is 4.59. The fourth-order valence-corrected chi connectivity index (χ4v) is 1.15. The lowest BCUT2D eigenvalue weighted by Gasteiger charge is -2.26. The van der Waals surface area contributed by atoms with Gasteiger partial charge in [-0.25, -0.2) is 4.79 Å². The molecule has 0 aromatic carbocycles. The van der Waals surface area contributed by atoms with E-state index in [-0.39, 0.29) is 5.91 Å². The smallest absolute Gasteiger partial charge is 0.331 e. The summed E-state index contributed by atoms with van der Waals surface area (Å²) in [6.07, 6.45) is 1.93. The van der Waals surface area contributed by atoms with Crippen molar-refractivity contribution in [3.8, 4) is 0 Å². The molecule has 0 bridgehead atoms. The van der Waals surface area contributed by atoms with Crippen molar-refractivity contribution < 1.29 is 14.3 Å². The predicted molar refractivity (Wildman–Crippen MR) is 53.7 cm³/mol. The molecule has 0 aliphatic rings. The highest BCUT2D eigenvalue weighted by molar-refractivity contribution is 5.86. The lowest BCUT2D eigenvalue weighted by molar-refractivity contribution is -0.152. The second-order valence-electron chi connectivity index (χ2n) is 3.23. The Morgan fingerprint density at radius 3 is 2.50 bits per heavy atom. The summed E-state index contributed by atoms with van der Waals surface area (Å²) in [5, 5.41) is 2.56. The van der Waals surface area contributed by atoms with Gasteiger partial charge in [0.15, 0.2) is 0 Å². The minimum absolute atomic E-state index is 0.262. The first kappa shape index (κ1) is 12.7. The Morgan fingerprint density at radius 2 is 2.14 bits per heavy atom. The summed E-state index contributed by atoms with van der Waals surface area (Å²) >= 11 is 0. The normalized spacial score (nSPS) is 13.9. The molecular weight excluding hydrogens is 182 g/mol. The highest BCUT2D eigenvalue weighted by atomic mass is 16.5. The number of rotatable bonds is 5. The van der Waals surface area contributed by atoms with Crippen molar-refractivity contribution in [1.82, 2.24) is 5.32 Å². The Labute approximate surface area is 84.3 Å². The van der Waals surface area contributed by atoms with Crippen LogP contribution in [0.3, 0.4) is 0 Å². The maximum atomic E-state index is 11.5. The quantitative estimate of drug-likeness (QED) is 0.531. The number of esters is 1. The van der Waals surface area contributed by atoms with E-state index in [1.165, 1.54) is 6.92 Å². The third kappa shape index (κ3) is 3.60. The minimum Gasteiger partial charge on any atom is -0.464 e. The zero-order chi connectivity index (χ0) is 11.2. The van der Waals surface area contributed by atoms with Crippen LogP contribution in [0.4, 0.5) is 0 Å². The van der Waals surface area contributed by atoms with E-state index in [9.17, 15) is 9.59 Å². The third-order valence-corrected chi connectivity index (χ3v) is 1.73. The van der Waals surface area contributed by atoms with Crippen molar-refractivity contribution in [1.29, 1.82) is 0 Å². The molecule has 14 heavy (non-hydrogen) atoms. The average molecular weight is 199 g/mol. The summed E-state index contributed by atoms with van der Waals surface area (Å²) in [6, 6.07) is 0. The number of ether oxygens (including phenoxy) is 1. The van der Waals surface area contributed by atoms with E-state index in [0.717, 1.165) is 0 Å². The second kappa shape index (κ2) is 5.42. The molecule has 0 heterocycles. The van der Waals surface area contributed by atoms with Crippen molar-refractivity contribution in [3.63, 3.8) is 0 Å². The van der Waals surface area contributed by atoms with Crippen LogP contribution in [0.15, 0.2) is 12.7 Å². The number of amides is 1. The van der Waals surface area contributed by atoms with E-state index in [2.05, 4.69) is 11.9 Å². The SMILES string of the molecule is C=CC[C@@](C)(NC(C)=O)C(=O)OCC. The molecule has 4 nitrogen and oxygen atoms in total. The van der Waals surface area contributed by atoms with Crippen LogP contribution in [0, 0.1) is 0 Å². The molecule has 80 valence electrons. The van der Waals surface area contributed by atoms with Gasteiger partial charge in [0.1, 0.15) is 5.54 Å². The first-order valence-electron chi connectivity index (χ1n) is 4.53. The van der Waals surface area contributed by atoms with Gasteiger partial charge in [0.05, 0.1) is 6.61 Å². The summed E-state index contributed by atoms with van der Waals surface area (Å²) < 4.78 is 4.86. The maximum Gasteiger partial charge on any atom is 0.331 e. The minimum atomic E-state index is -0.996. The molecule has 1 amide bonds. The molecule has 0 radical (unpaired) electrons. The van der Waals surface area contributed by atoms with Crippen LogP contribution >= 0.6 is 0 Å². The van der Waals surface area contributed by atoms with E-state index in [1.54, 1.807) is 19.9 Å². The number of carbonyl (C=O) groups excluding carboxylic acids is 2. The van der Waals surface area contributed by atoms with E-state index >= 15 is 0 Å². The summed E-state index contributed by atoms with van der Waals surface area (Å²) in [5.74, 6) is -0.697. The van der Waals surface area contributed by atoms with Crippen LogP contribution in [0.5, 0.6) is 0 Å². The highest BCUT2D eigenvalue weighted by Gasteiger charge is 2.34. The van der Waals surface area contributed by atoms with Crippen molar-refractivity contribution in [2.45, 2.75) is 32.7 Å². The zero-order valence-electron chi connectivity index (χ0n) is 8.92. The van der Waals surface area contributed by atoms with E-state index in [4.69, 9.17) is 4.74 Å².